The largest absolute Gasteiger partial charge is 0.492 e. The van der Waals surface area contributed by atoms with Crippen LogP contribution >= 0.6 is 22.9 Å². The summed E-state index contributed by atoms with van der Waals surface area (Å²) in [6, 6.07) is 4.69. The first-order chi connectivity index (χ1) is 29.5. The van der Waals surface area contributed by atoms with Gasteiger partial charge in [-0.1, -0.05) is 45.7 Å². The van der Waals surface area contributed by atoms with Gasteiger partial charge in [-0.25, -0.2) is 9.97 Å². The summed E-state index contributed by atoms with van der Waals surface area (Å²) < 4.78 is 24.7. The molecule has 1 unspecified atom stereocenters. The van der Waals surface area contributed by atoms with Crippen LogP contribution in [0.3, 0.4) is 0 Å². The Bertz CT molecular complexity index is 2180. The lowest BCUT2D eigenvalue weighted by atomic mass is 9.77. The number of nitrogens with zero attached hydrogens (tertiary/aromatic N) is 3. The number of esters is 1. The van der Waals surface area contributed by atoms with Gasteiger partial charge in [0.05, 0.1) is 54.8 Å². The van der Waals surface area contributed by atoms with E-state index in [0.717, 1.165) is 37.4 Å². The molecule has 9 atom stereocenters. The van der Waals surface area contributed by atoms with E-state index in [1.54, 1.807) is 11.0 Å². The van der Waals surface area contributed by atoms with Crippen LogP contribution in [0.4, 0.5) is 5.13 Å². The smallest absolute Gasteiger partial charge is 0.310 e. The summed E-state index contributed by atoms with van der Waals surface area (Å²) in [5.74, 6) is -0.517. The highest BCUT2D eigenvalue weighted by Gasteiger charge is 2.61. The topological polar surface area (TPSA) is 166 Å². The van der Waals surface area contributed by atoms with Crippen molar-refractivity contribution < 1.29 is 43.2 Å². The van der Waals surface area contributed by atoms with Gasteiger partial charge in [-0.3, -0.25) is 19.2 Å². The van der Waals surface area contributed by atoms with Crippen LogP contribution < -0.4 is 14.8 Å². The van der Waals surface area contributed by atoms with Gasteiger partial charge in [0.2, 0.25) is 5.91 Å². The maximum Gasteiger partial charge on any atom is 0.310 e. The van der Waals surface area contributed by atoms with Gasteiger partial charge >= 0.3 is 11.9 Å². The maximum atomic E-state index is 14.9. The van der Waals surface area contributed by atoms with Crippen LogP contribution in [0.25, 0.3) is 22.3 Å². The van der Waals surface area contributed by atoms with E-state index in [1.165, 1.54) is 17.8 Å². The predicted octanol–water partition coefficient (Wildman–Crippen LogP) is 8.84. The van der Waals surface area contributed by atoms with E-state index >= 15 is 0 Å². The van der Waals surface area contributed by atoms with Gasteiger partial charge in [0, 0.05) is 48.2 Å². The fraction of sp³-hybridized carbons (Fsp3) is 0.660. The third-order valence-electron chi connectivity index (χ3n) is 13.8. The standard InChI is InChI=1S/C47H61ClN4O9S/c1-7-29-19-47(29,44(56)57)20-37(53)36-16-31(21-52(36)43(55)33(46(4,5)6)17-40(54)61-30-14-27-13-28(27)15-30)60-39-18-34(35-24-62-45(51-35)49-25(2)3)50-42-32(39)10-11-38(41(42)48)59-23-26-9-8-12-58-22-26/h10-11,18,24-31,33,36H,7-9,12-17,19-23H2,1-6H3,(H,49,51)(H,56,57)/t26-,27-,28+,29+,30?,31+,33+,36-,47+/m0/s1. The van der Waals surface area contributed by atoms with Crippen LogP contribution in [0.2, 0.25) is 5.02 Å². The number of benzene rings is 1. The number of nitrogens with one attached hydrogen (secondary N) is 1. The molecule has 2 saturated heterocycles. The molecule has 5 aliphatic rings. The fourth-order valence-corrected chi connectivity index (χ4v) is 11.1. The molecular weight excluding hydrogens is 832 g/mol. The molecule has 1 amide bonds. The van der Waals surface area contributed by atoms with E-state index < -0.39 is 40.8 Å². The van der Waals surface area contributed by atoms with Gasteiger partial charge in [-0.15, -0.1) is 11.3 Å². The number of hydrogen-bond donors (Lipinski definition) is 2. The molecule has 1 aromatic carbocycles. The normalized spacial score (nSPS) is 28.4. The van der Waals surface area contributed by atoms with Crippen molar-refractivity contribution in [2.45, 2.75) is 130 Å². The number of ether oxygens (including phenoxy) is 4. The number of ketones is 1. The molecule has 0 radical (unpaired) electrons. The summed E-state index contributed by atoms with van der Waals surface area (Å²) >= 11 is 8.58. The minimum absolute atomic E-state index is 0.0524. The predicted molar refractivity (Wildman–Crippen MR) is 237 cm³/mol. The third-order valence-corrected chi connectivity index (χ3v) is 15.0. The van der Waals surface area contributed by atoms with E-state index in [0.29, 0.717) is 76.7 Å². The van der Waals surface area contributed by atoms with Crippen LogP contribution in [0.15, 0.2) is 23.6 Å². The van der Waals surface area contributed by atoms with Crippen molar-refractivity contribution in [3.05, 3.63) is 28.6 Å². The Kier molecular flexibility index (Phi) is 12.9. The number of halogens is 1. The first-order valence-electron chi connectivity index (χ1n) is 22.5. The quantitative estimate of drug-likeness (QED) is 0.124. The SMILES string of the molecule is CC[C@@H]1C[C@]1(CC(=O)[C@@H]1C[C@@H](Oc2cc(-c3csc(NC(C)C)n3)nc3c(Cl)c(OC[C@H]4CCCOC4)ccc23)CN1C(=O)[C@@H](CC(=O)OC1C[C@@H]2C[C@@H]2C1)C(C)(C)C)C(=O)O. The monoisotopic (exact) mass is 892 g/mol. The maximum absolute atomic E-state index is 14.9. The van der Waals surface area contributed by atoms with Gasteiger partial charge in [0.1, 0.15) is 34.4 Å². The number of anilines is 1. The highest BCUT2D eigenvalue weighted by Crippen LogP contribution is 2.58. The Labute approximate surface area is 373 Å². The summed E-state index contributed by atoms with van der Waals surface area (Å²) in [6.07, 6.45) is 5.04. The van der Waals surface area contributed by atoms with Gasteiger partial charge in [-0.05, 0) is 87.7 Å². The number of carbonyl (C=O) groups excluding carboxylic acids is 3. The number of hydrogen-bond acceptors (Lipinski definition) is 12. The Morgan fingerprint density at radius 3 is 2.50 bits per heavy atom. The van der Waals surface area contributed by atoms with Crippen molar-refractivity contribution in [2.24, 2.45) is 40.4 Å². The number of fused-ring (bicyclic) bond motifs is 2. The lowest BCUT2D eigenvalue weighted by molar-refractivity contribution is -0.157. The number of rotatable bonds is 17. The number of aliphatic carboxylic acids is 1. The lowest BCUT2D eigenvalue weighted by Gasteiger charge is -2.35. The van der Waals surface area contributed by atoms with E-state index in [2.05, 4.69) is 5.32 Å². The van der Waals surface area contributed by atoms with Crippen molar-refractivity contribution in [1.29, 1.82) is 0 Å². The van der Waals surface area contributed by atoms with Crippen molar-refractivity contribution in [3.8, 4) is 22.9 Å². The lowest BCUT2D eigenvalue weighted by Crippen LogP contribution is -2.48. The number of thiazole rings is 1. The first kappa shape index (κ1) is 44.6. The molecular formula is C47H61ClN4O9S. The molecule has 336 valence electrons. The molecule has 0 bridgehead atoms. The number of Topliss-reactive ketones (excluding diaryl/α,β-unsaturated/α-hetero) is 1. The summed E-state index contributed by atoms with van der Waals surface area (Å²) in [5.41, 5.74) is -0.212. The highest BCUT2D eigenvalue weighted by molar-refractivity contribution is 7.14. The summed E-state index contributed by atoms with van der Waals surface area (Å²) in [4.78, 5) is 66.8. The van der Waals surface area contributed by atoms with E-state index in [1.807, 2.05) is 59.1 Å². The van der Waals surface area contributed by atoms with Gasteiger partial charge < -0.3 is 34.3 Å². The molecule has 2 N–H and O–H groups in total. The summed E-state index contributed by atoms with van der Waals surface area (Å²) in [7, 11) is 0. The number of carboxylic acid groups (broad SMARTS) is 1. The molecule has 3 aliphatic carbocycles. The minimum atomic E-state index is -1.15. The Morgan fingerprint density at radius 2 is 1.84 bits per heavy atom. The Balaban J connectivity index is 1.10. The third kappa shape index (κ3) is 9.57. The molecule has 62 heavy (non-hydrogen) atoms. The molecule has 2 aliphatic heterocycles. The molecule has 3 saturated carbocycles. The minimum Gasteiger partial charge on any atom is -0.492 e. The molecule has 15 heteroatoms. The van der Waals surface area contributed by atoms with Gasteiger partial charge in [0.15, 0.2) is 10.9 Å². The zero-order chi connectivity index (χ0) is 44.1. The number of likely N-dealkylation sites (tertiary alicyclic amines) is 1. The molecule has 2 aromatic heterocycles. The van der Waals surface area contributed by atoms with Crippen LogP contribution in [-0.4, -0.2) is 94.3 Å². The van der Waals surface area contributed by atoms with Gasteiger partial charge in [-0.2, -0.15) is 0 Å². The average molecular weight is 894 g/mol. The zero-order valence-corrected chi connectivity index (χ0v) is 38.3. The van der Waals surface area contributed by atoms with Crippen LogP contribution in [-0.2, 0) is 28.7 Å². The van der Waals surface area contributed by atoms with Crippen molar-refractivity contribution >= 4 is 62.6 Å². The zero-order valence-electron chi connectivity index (χ0n) is 36.7. The van der Waals surface area contributed by atoms with E-state index in [4.69, 9.17) is 40.5 Å². The van der Waals surface area contributed by atoms with Crippen molar-refractivity contribution in [3.63, 3.8) is 0 Å². The van der Waals surface area contributed by atoms with Crippen LogP contribution in [0, 0.1) is 40.4 Å². The van der Waals surface area contributed by atoms with Crippen LogP contribution in [0.5, 0.6) is 11.5 Å². The second-order valence-corrected chi connectivity index (χ2v) is 21.1. The molecule has 8 rings (SSSR count). The molecule has 5 fully saturated rings. The number of aromatic nitrogens is 2. The molecule has 4 heterocycles. The number of carbonyl (C=O) groups is 4. The fourth-order valence-electron chi connectivity index (χ4n) is 10.0. The van der Waals surface area contributed by atoms with Crippen LogP contribution in [0.1, 0.15) is 106 Å². The second kappa shape index (κ2) is 17.9. The molecule has 3 aromatic rings. The van der Waals surface area contributed by atoms with E-state index in [9.17, 15) is 24.3 Å². The number of carboxylic acids is 1. The summed E-state index contributed by atoms with van der Waals surface area (Å²) in [6.45, 7) is 13.6. The Hall–Kier alpha value is -4.01. The molecule has 13 nitrogen and oxygen atoms in total. The van der Waals surface area contributed by atoms with Crippen molar-refractivity contribution in [2.75, 3.05) is 31.7 Å². The average Bonchev–Trinajstić information content (AvgIpc) is 3.90. The number of pyridine rings is 1. The summed E-state index contributed by atoms with van der Waals surface area (Å²) in [5, 5.41) is 17.2. The van der Waals surface area contributed by atoms with Gasteiger partial charge in [0.25, 0.3) is 0 Å². The van der Waals surface area contributed by atoms with E-state index in [-0.39, 0.29) is 61.5 Å². The van der Waals surface area contributed by atoms with Crippen molar-refractivity contribution in [1.82, 2.24) is 14.9 Å². The first-order valence-corrected chi connectivity index (χ1v) is 23.8. The highest BCUT2D eigenvalue weighted by atomic mass is 35.5. The molecule has 0 spiro atoms. The second-order valence-electron chi connectivity index (χ2n) is 19.9. The Morgan fingerprint density at radius 1 is 1.06 bits per heavy atom. The number of amides is 1.